The van der Waals surface area contributed by atoms with Gasteiger partial charge in [-0.2, -0.15) is 0 Å². The Morgan fingerprint density at radius 2 is 1.93 bits per heavy atom. The summed E-state index contributed by atoms with van der Waals surface area (Å²) in [5, 5.41) is 18.9. The normalized spacial score (nSPS) is 12.0. The van der Waals surface area contributed by atoms with Crippen LogP contribution in [0.15, 0.2) is 52.0 Å². The van der Waals surface area contributed by atoms with E-state index < -0.39 is 11.2 Å². The SMILES string of the molecule is Cc1ccc(-[n+]2noc([O-])c2SC(C)C(=O)Nc2ccc(Cl)c(Cl)c2)cc1. The Hall–Kier alpha value is -2.22. The van der Waals surface area contributed by atoms with E-state index in [1.165, 1.54) is 4.68 Å². The van der Waals surface area contributed by atoms with E-state index in [0.29, 0.717) is 21.4 Å². The fourth-order valence-corrected chi connectivity index (χ4v) is 3.40. The Bertz CT molecular complexity index is 976. The van der Waals surface area contributed by atoms with Gasteiger partial charge in [0.05, 0.1) is 20.6 Å². The summed E-state index contributed by atoms with van der Waals surface area (Å²) in [6, 6.07) is 12.2. The van der Waals surface area contributed by atoms with Gasteiger partial charge in [-0.15, -0.1) is 0 Å². The Morgan fingerprint density at radius 3 is 2.59 bits per heavy atom. The van der Waals surface area contributed by atoms with E-state index >= 15 is 0 Å². The number of aromatic nitrogens is 2. The molecule has 1 N–H and O–H groups in total. The van der Waals surface area contributed by atoms with Crippen LogP contribution in [0.4, 0.5) is 5.69 Å². The van der Waals surface area contributed by atoms with Crippen molar-refractivity contribution in [3.8, 4) is 11.6 Å². The first-order chi connectivity index (χ1) is 12.8. The number of hydrogen-bond acceptors (Lipinski definition) is 5. The van der Waals surface area contributed by atoms with Crippen molar-refractivity contribution in [1.82, 2.24) is 5.27 Å². The predicted octanol–water partition coefficient (Wildman–Crippen LogP) is 3.76. The highest BCUT2D eigenvalue weighted by molar-refractivity contribution is 8.00. The molecule has 0 aliphatic heterocycles. The van der Waals surface area contributed by atoms with Crippen LogP contribution >= 0.6 is 35.0 Å². The van der Waals surface area contributed by atoms with Crippen LogP contribution in [0.2, 0.25) is 10.0 Å². The summed E-state index contributed by atoms with van der Waals surface area (Å²) < 4.78 is 6.17. The number of anilines is 1. The van der Waals surface area contributed by atoms with Gasteiger partial charge in [-0.25, -0.2) is 0 Å². The van der Waals surface area contributed by atoms with E-state index in [0.717, 1.165) is 17.3 Å². The van der Waals surface area contributed by atoms with Crippen LogP contribution in [0.5, 0.6) is 5.95 Å². The van der Waals surface area contributed by atoms with E-state index in [4.69, 9.17) is 27.7 Å². The van der Waals surface area contributed by atoms with Gasteiger partial charge >= 0.3 is 0 Å². The number of nitrogens with zero attached hydrogens (tertiary/aromatic N) is 2. The number of rotatable bonds is 5. The lowest BCUT2D eigenvalue weighted by atomic mass is 10.2. The Labute approximate surface area is 170 Å². The Balaban J connectivity index is 1.76. The van der Waals surface area contributed by atoms with Crippen molar-refractivity contribution in [2.45, 2.75) is 24.1 Å². The molecule has 27 heavy (non-hydrogen) atoms. The number of aryl methyl sites for hydroxylation is 1. The highest BCUT2D eigenvalue weighted by atomic mass is 35.5. The zero-order valence-corrected chi connectivity index (χ0v) is 16.7. The molecule has 0 spiro atoms. The maximum absolute atomic E-state index is 12.5. The molecule has 0 fully saturated rings. The molecule has 1 unspecified atom stereocenters. The van der Waals surface area contributed by atoms with Crippen LogP contribution in [0.3, 0.4) is 0 Å². The first-order valence-electron chi connectivity index (χ1n) is 7.94. The van der Waals surface area contributed by atoms with Gasteiger partial charge in [-0.3, -0.25) is 4.79 Å². The molecule has 3 rings (SSSR count). The van der Waals surface area contributed by atoms with Crippen molar-refractivity contribution in [2.24, 2.45) is 0 Å². The lowest BCUT2D eigenvalue weighted by molar-refractivity contribution is -0.705. The third-order valence-electron chi connectivity index (χ3n) is 3.70. The van der Waals surface area contributed by atoms with Crippen LogP contribution in [0.25, 0.3) is 5.69 Å². The zero-order chi connectivity index (χ0) is 19.6. The summed E-state index contributed by atoms with van der Waals surface area (Å²) in [6.45, 7) is 3.64. The average molecular weight is 424 g/mol. The van der Waals surface area contributed by atoms with E-state index in [1.54, 1.807) is 25.1 Å². The first kappa shape index (κ1) is 19.5. The molecule has 140 valence electrons. The van der Waals surface area contributed by atoms with Gasteiger partial charge in [0, 0.05) is 17.8 Å². The molecule has 1 atom stereocenters. The molecule has 0 aliphatic rings. The van der Waals surface area contributed by atoms with Gasteiger partial charge in [0.2, 0.25) is 11.6 Å². The van der Waals surface area contributed by atoms with Crippen molar-refractivity contribution in [3.05, 3.63) is 58.1 Å². The second kappa shape index (κ2) is 8.21. The Morgan fingerprint density at radius 1 is 1.22 bits per heavy atom. The number of benzene rings is 2. The lowest BCUT2D eigenvalue weighted by Crippen LogP contribution is -2.36. The molecule has 9 heteroatoms. The van der Waals surface area contributed by atoms with Crippen molar-refractivity contribution >= 4 is 46.6 Å². The molecule has 0 radical (unpaired) electrons. The van der Waals surface area contributed by atoms with Gasteiger partial charge in [-0.1, -0.05) is 40.9 Å². The van der Waals surface area contributed by atoms with Crippen molar-refractivity contribution in [2.75, 3.05) is 5.32 Å². The zero-order valence-electron chi connectivity index (χ0n) is 14.4. The molecule has 3 aromatic rings. The summed E-state index contributed by atoms with van der Waals surface area (Å²) in [4.78, 5) is 12.5. The molecule has 0 aliphatic carbocycles. The van der Waals surface area contributed by atoms with Gasteiger partial charge in [0.25, 0.3) is 5.03 Å². The fourth-order valence-electron chi connectivity index (χ4n) is 2.23. The van der Waals surface area contributed by atoms with E-state index in [-0.39, 0.29) is 10.9 Å². The van der Waals surface area contributed by atoms with Crippen LogP contribution in [0.1, 0.15) is 12.5 Å². The van der Waals surface area contributed by atoms with E-state index in [9.17, 15) is 9.90 Å². The predicted molar refractivity (Wildman–Crippen MR) is 103 cm³/mol. The number of hydrogen-bond donors (Lipinski definition) is 1. The fraction of sp³-hybridized carbons (Fsp3) is 0.167. The van der Waals surface area contributed by atoms with Crippen molar-refractivity contribution in [1.29, 1.82) is 0 Å². The number of amides is 1. The summed E-state index contributed by atoms with van der Waals surface area (Å²) in [7, 11) is 0. The largest absolute Gasteiger partial charge is 0.538 e. The maximum atomic E-state index is 12.5. The summed E-state index contributed by atoms with van der Waals surface area (Å²) in [5.41, 5.74) is 2.26. The third kappa shape index (κ3) is 4.55. The molecule has 1 aromatic heterocycles. The van der Waals surface area contributed by atoms with Crippen molar-refractivity contribution < 1.29 is 19.1 Å². The number of carbonyl (C=O) groups excluding carboxylic acids is 1. The molecule has 2 aromatic carbocycles. The first-order valence-corrected chi connectivity index (χ1v) is 9.57. The maximum Gasteiger partial charge on any atom is 0.298 e. The number of thioether (sulfide) groups is 1. The monoisotopic (exact) mass is 423 g/mol. The van der Waals surface area contributed by atoms with Gasteiger partial charge in [0.1, 0.15) is 0 Å². The minimum atomic E-state index is -0.602. The molecular formula is C18H15Cl2N3O3S. The standard InChI is InChI=1S/C18H15Cl2N3O3S/c1-10-3-6-13(7-4-10)23-17(18(25)26-22-23)27-11(2)16(24)21-12-5-8-14(19)15(20)9-12/h3-9,11H,1-2H3,(H-,21,22,24,25). The second-order valence-corrected chi connectivity index (χ2v) is 7.94. The van der Waals surface area contributed by atoms with Crippen LogP contribution in [0, 0.1) is 6.92 Å². The Kier molecular flexibility index (Phi) is 5.94. The smallest absolute Gasteiger partial charge is 0.298 e. The number of halogens is 2. The van der Waals surface area contributed by atoms with Gasteiger partial charge in [0.15, 0.2) is 5.95 Å². The van der Waals surface area contributed by atoms with Crippen LogP contribution in [-0.4, -0.2) is 16.4 Å². The van der Waals surface area contributed by atoms with Crippen molar-refractivity contribution in [3.63, 3.8) is 0 Å². The summed E-state index contributed by atoms with van der Waals surface area (Å²) in [5.74, 6) is -0.899. The van der Waals surface area contributed by atoms with Gasteiger partial charge < -0.3 is 14.9 Å². The number of carbonyl (C=O) groups is 1. The quantitative estimate of drug-likeness (QED) is 0.498. The summed E-state index contributed by atoms with van der Waals surface area (Å²) in [6.07, 6.45) is 0. The molecular weight excluding hydrogens is 409 g/mol. The second-order valence-electron chi connectivity index (χ2n) is 5.79. The molecule has 1 amide bonds. The molecule has 6 nitrogen and oxygen atoms in total. The average Bonchev–Trinajstić information content (AvgIpc) is 2.99. The molecule has 0 bridgehead atoms. The minimum Gasteiger partial charge on any atom is -0.538 e. The van der Waals surface area contributed by atoms with Gasteiger partial charge in [-0.05, 0) is 48.5 Å². The minimum absolute atomic E-state index is 0.218. The highest BCUT2D eigenvalue weighted by Crippen LogP contribution is 2.29. The third-order valence-corrected chi connectivity index (χ3v) is 5.57. The molecule has 0 saturated carbocycles. The summed E-state index contributed by atoms with van der Waals surface area (Å²) >= 11 is 12.9. The molecule has 0 saturated heterocycles. The van der Waals surface area contributed by atoms with E-state index in [1.807, 2.05) is 31.2 Å². The molecule has 1 heterocycles. The van der Waals surface area contributed by atoms with Crippen LogP contribution in [-0.2, 0) is 4.79 Å². The highest BCUT2D eigenvalue weighted by Gasteiger charge is 2.26. The lowest BCUT2D eigenvalue weighted by Gasteiger charge is -2.11. The number of nitrogens with one attached hydrogen (secondary N) is 1. The van der Waals surface area contributed by atoms with E-state index in [2.05, 4.69) is 10.6 Å². The van der Waals surface area contributed by atoms with Crippen LogP contribution < -0.4 is 15.1 Å². The topological polar surface area (TPSA) is 82.1 Å².